The number of aryl methyl sites for hydroxylation is 2. The first-order valence-corrected chi connectivity index (χ1v) is 8.29. The van der Waals surface area contributed by atoms with Crippen LogP contribution >= 0.6 is 0 Å². The highest BCUT2D eigenvalue weighted by Crippen LogP contribution is 2.49. The van der Waals surface area contributed by atoms with E-state index >= 15 is 0 Å². The molecule has 2 aromatic carbocycles. The smallest absolute Gasteiger partial charge is 0.0116 e. The third kappa shape index (κ3) is 2.38. The summed E-state index contributed by atoms with van der Waals surface area (Å²) in [6.45, 7) is 12.0. The first-order valence-electron chi connectivity index (χ1n) is 8.29. The van der Waals surface area contributed by atoms with Gasteiger partial charge in [0.1, 0.15) is 0 Å². The van der Waals surface area contributed by atoms with Crippen molar-refractivity contribution >= 4 is 0 Å². The normalized spacial score (nSPS) is 16.5. The molecule has 0 aromatic heterocycles. The quantitative estimate of drug-likeness (QED) is 0.822. The van der Waals surface area contributed by atoms with Crippen molar-refractivity contribution in [3.8, 4) is 11.1 Å². The van der Waals surface area contributed by atoms with Crippen molar-refractivity contribution in [2.24, 2.45) is 5.73 Å². The van der Waals surface area contributed by atoms with Crippen LogP contribution in [0.4, 0.5) is 0 Å². The lowest BCUT2D eigenvalue weighted by Crippen LogP contribution is -2.12. The Morgan fingerprint density at radius 1 is 1.00 bits per heavy atom. The van der Waals surface area contributed by atoms with Gasteiger partial charge in [-0.2, -0.15) is 0 Å². The minimum absolute atomic E-state index is 0.183. The second-order valence-corrected chi connectivity index (χ2v) is 7.73. The van der Waals surface area contributed by atoms with Gasteiger partial charge >= 0.3 is 0 Å². The van der Waals surface area contributed by atoms with Crippen molar-refractivity contribution in [3.63, 3.8) is 0 Å². The van der Waals surface area contributed by atoms with Gasteiger partial charge < -0.3 is 5.73 Å². The Morgan fingerprint density at radius 3 is 2.36 bits per heavy atom. The van der Waals surface area contributed by atoms with Gasteiger partial charge in [-0.25, -0.2) is 0 Å². The third-order valence-electron chi connectivity index (χ3n) is 4.92. The summed E-state index contributed by atoms with van der Waals surface area (Å²) in [6, 6.07) is 11.7. The fraction of sp³-hybridized carbons (Fsp3) is 0.429. The molecule has 0 aliphatic heterocycles. The summed E-state index contributed by atoms with van der Waals surface area (Å²) < 4.78 is 0. The van der Waals surface area contributed by atoms with E-state index in [9.17, 15) is 0 Å². The zero-order chi connectivity index (χ0) is 16.1. The summed E-state index contributed by atoms with van der Waals surface area (Å²) in [6.07, 6.45) is 1.03. The van der Waals surface area contributed by atoms with Crippen molar-refractivity contribution in [2.45, 2.75) is 52.4 Å². The summed E-state index contributed by atoms with van der Waals surface area (Å²) in [7, 11) is 0. The summed E-state index contributed by atoms with van der Waals surface area (Å²) in [5.74, 6) is 0.456. The highest BCUT2D eigenvalue weighted by atomic mass is 14.5. The number of rotatable bonds is 2. The Balaban J connectivity index is 2.24. The van der Waals surface area contributed by atoms with Gasteiger partial charge in [0, 0.05) is 5.92 Å². The molecule has 116 valence electrons. The largest absolute Gasteiger partial charge is 0.330 e. The van der Waals surface area contributed by atoms with E-state index in [1.54, 1.807) is 0 Å². The molecule has 1 unspecified atom stereocenters. The van der Waals surface area contributed by atoms with Crippen LogP contribution in [0, 0.1) is 13.8 Å². The van der Waals surface area contributed by atoms with Crippen LogP contribution < -0.4 is 5.73 Å². The fourth-order valence-electron chi connectivity index (χ4n) is 3.85. The van der Waals surface area contributed by atoms with Crippen molar-refractivity contribution in [1.29, 1.82) is 0 Å². The topological polar surface area (TPSA) is 26.0 Å². The number of nitrogens with two attached hydrogens (primary N) is 1. The summed E-state index contributed by atoms with van der Waals surface area (Å²) in [4.78, 5) is 0. The number of hydrogen-bond donors (Lipinski definition) is 1. The van der Waals surface area contributed by atoms with Crippen LogP contribution in [-0.4, -0.2) is 6.54 Å². The lowest BCUT2D eigenvalue weighted by Gasteiger charge is -2.21. The molecule has 0 saturated carbocycles. The maximum atomic E-state index is 5.93. The second-order valence-electron chi connectivity index (χ2n) is 7.73. The third-order valence-corrected chi connectivity index (χ3v) is 4.92. The van der Waals surface area contributed by atoms with Gasteiger partial charge in [0.2, 0.25) is 0 Å². The Bertz CT molecular complexity index is 719. The van der Waals surface area contributed by atoms with E-state index in [-0.39, 0.29) is 5.41 Å². The van der Waals surface area contributed by atoms with Crippen molar-refractivity contribution in [2.75, 3.05) is 6.54 Å². The lowest BCUT2D eigenvalue weighted by molar-refractivity contribution is 0.588. The lowest BCUT2D eigenvalue weighted by atomic mass is 9.83. The molecule has 3 rings (SSSR count). The molecule has 1 atom stereocenters. The molecule has 1 heteroatoms. The molecule has 0 heterocycles. The van der Waals surface area contributed by atoms with Crippen LogP contribution in [0.1, 0.15) is 60.9 Å². The molecule has 1 aliphatic carbocycles. The maximum Gasteiger partial charge on any atom is 0.0116 e. The molecule has 0 bridgehead atoms. The second kappa shape index (κ2) is 5.24. The molecule has 0 spiro atoms. The number of benzene rings is 2. The molecular formula is C21H27N. The van der Waals surface area contributed by atoms with Gasteiger partial charge in [-0.1, -0.05) is 56.7 Å². The first-order chi connectivity index (χ1) is 10.3. The van der Waals surface area contributed by atoms with E-state index in [0.717, 1.165) is 13.0 Å². The zero-order valence-corrected chi connectivity index (χ0v) is 14.5. The zero-order valence-electron chi connectivity index (χ0n) is 14.5. The van der Waals surface area contributed by atoms with Crippen LogP contribution in [0.2, 0.25) is 0 Å². The maximum absolute atomic E-state index is 5.93. The summed E-state index contributed by atoms with van der Waals surface area (Å²) in [5, 5.41) is 0. The van der Waals surface area contributed by atoms with E-state index in [1.165, 1.54) is 38.9 Å². The molecule has 2 aromatic rings. The van der Waals surface area contributed by atoms with Gasteiger partial charge in [-0.3, -0.25) is 0 Å². The van der Waals surface area contributed by atoms with Crippen molar-refractivity contribution in [1.82, 2.24) is 0 Å². The molecule has 22 heavy (non-hydrogen) atoms. The minimum Gasteiger partial charge on any atom is -0.330 e. The average molecular weight is 293 g/mol. The van der Waals surface area contributed by atoms with Crippen molar-refractivity contribution < 1.29 is 0 Å². The molecule has 0 fully saturated rings. The molecule has 2 N–H and O–H groups in total. The fourth-order valence-corrected chi connectivity index (χ4v) is 3.85. The summed E-state index contributed by atoms with van der Waals surface area (Å²) in [5.41, 5.74) is 16.1. The van der Waals surface area contributed by atoms with E-state index in [4.69, 9.17) is 5.73 Å². The Hall–Kier alpha value is -1.60. The minimum atomic E-state index is 0.183. The number of hydrogen-bond acceptors (Lipinski definition) is 1. The van der Waals surface area contributed by atoms with Crippen LogP contribution in [0.5, 0.6) is 0 Å². The molecule has 1 nitrogen and oxygen atoms in total. The number of fused-ring (bicyclic) bond motifs is 3. The Labute approximate surface area is 134 Å². The van der Waals surface area contributed by atoms with Crippen LogP contribution in [0.15, 0.2) is 30.3 Å². The molecule has 0 amide bonds. The summed E-state index contributed by atoms with van der Waals surface area (Å²) >= 11 is 0. The average Bonchev–Trinajstić information content (AvgIpc) is 2.72. The molecular weight excluding hydrogens is 266 g/mol. The van der Waals surface area contributed by atoms with Crippen LogP contribution in [0.3, 0.4) is 0 Å². The van der Waals surface area contributed by atoms with E-state index in [0.29, 0.717) is 5.92 Å². The first kappa shape index (κ1) is 15.3. The van der Waals surface area contributed by atoms with Gasteiger partial charge in [-0.15, -0.1) is 0 Å². The molecule has 0 radical (unpaired) electrons. The highest BCUT2D eigenvalue weighted by Gasteiger charge is 2.31. The monoisotopic (exact) mass is 293 g/mol. The van der Waals surface area contributed by atoms with Crippen LogP contribution in [0.25, 0.3) is 11.1 Å². The van der Waals surface area contributed by atoms with Gasteiger partial charge in [0.15, 0.2) is 0 Å². The SMILES string of the molecule is Cc1cc(C)c2c(c1)-c1ccc(C(C)(C)C)cc1C2CCN. The van der Waals surface area contributed by atoms with Crippen LogP contribution in [-0.2, 0) is 5.41 Å². The van der Waals surface area contributed by atoms with E-state index in [2.05, 4.69) is 65.0 Å². The Kier molecular flexibility index (Phi) is 3.65. The van der Waals surface area contributed by atoms with Gasteiger partial charge in [0.05, 0.1) is 0 Å². The van der Waals surface area contributed by atoms with E-state index in [1.807, 2.05) is 0 Å². The predicted octanol–water partition coefficient (Wildman–Crippen LogP) is 5.06. The van der Waals surface area contributed by atoms with Crippen molar-refractivity contribution in [3.05, 3.63) is 58.1 Å². The highest BCUT2D eigenvalue weighted by molar-refractivity contribution is 5.81. The predicted molar refractivity (Wildman–Crippen MR) is 95.6 cm³/mol. The van der Waals surface area contributed by atoms with E-state index < -0.39 is 0 Å². The van der Waals surface area contributed by atoms with Gasteiger partial charge in [0.25, 0.3) is 0 Å². The Morgan fingerprint density at radius 2 is 1.73 bits per heavy atom. The molecule has 0 saturated heterocycles. The molecule has 1 aliphatic rings. The van der Waals surface area contributed by atoms with Gasteiger partial charge in [-0.05, 0) is 65.6 Å². The standard InChI is InChI=1S/C21H27N/c1-13-10-14(2)20-17(8-9-22)18-12-15(21(3,4)5)6-7-16(18)19(20)11-13/h6-7,10-12,17H,8-9,22H2,1-5H3.